The van der Waals surface area contributed by atoms with E-state index < -0.39 is 10.9 Å². The van der Waals surface area contributed by atoms with Crippen molar-refractivity contribution >= 4 is 23.6 Å². The van der Waals surface area contributed by atoms with E-state index in [2.05, 4.69) is 0 Å². The minimum Gasteiger partial charge on any atom is -0.465 e. The quantitative estimate of drug-likeness (QED) is 0.341. The fourth-order valence-corrected chi connectivity index (χ4v) is 3.30. The molecule has 0 bridgehead atoms. The third-order valence-corrected chi connectivity index (χ3v) is 4.73. The Hall–Kier alpha value is -3.00. The maximum absolute atomic E-state index is 13.0. The Morgan fingerprint density at radius 2 is 2.11 bits per heavy atom. The zero-order chi connectivity index (χ0) is 19.6. The largest absolute Gasteiger partial charge is 0.465 e. The van der Waals surface area contributed by atoms with E-state index in [0.29, 0.717) is 24.4 Å². The van der Waals surface area contributed by atoms with Crippen LogP contribution in [0.25, 0.3) is 6.08 Å². The Balaban J connectivity index is 1.95. The van der Waals surface area contributed by atoms with Crippen molar-refractivity contribution in [2.24, 2.45) is 0 Å². The van der Waals surface area contributed by atoms with Gasteiger partial charge in [-0.15, -0.1) is 0 Å². The number of non-ortho nitro benzene ring substituents is 1. The first-order valence-corrected chi connectivity index (χ1v) is 8.61. The third-order valence-electron chi connectivity index (χ3n) is 4.73. The fourth-order valence-electron chi connectivity index (χ4n) is 3.30. The molecule has 1 aromatic carbocycles. The number of nitro groups is 1. The number of methoxy groups -OCH3 is 1. The fraction of sp³-hybridized carbons (Fsp3) is 0.368. The average Bonchev–Trinajstić information content (AvgIpc) is 3.25. The minimum atomic E-state index is -0.594. The molecule has 3 rings (SSSR count). The molecule has 1 saturated heterocycles. The van der Waals surface area contributed by atoms with Gasteiger partial charge in [0.1, 0.15) is 0 Å². The number of esters is 1. The standard InChI is InChI=1S/C19H20N2O6/c1-12-17(19(23)26-2)16(10-13-5-7-14(8-6-13)21(24)25)18(22)20(12)11-15-4-3-9-27-15/h5-8,10,15H,3-4,9,11H2,1-2H3/b16-10-. The maximum atomic E-state index is 13.0. The lowest BCUT2D eigenvalue weighted by molar-refractivity contribution is -0.384. The van der Waals surface area contributed by atoms with E-state index in [0.717, 1.165) is 12.8 Å². The van der Waals surface area contributed by atoms with Gasteiger partial charge in [-0.3, -0.25) is 14.9 Å². The van der Waals surface area contributed by atoms with Gasteiger partial charge in [-0.1, -0.05) is 0 Å². The van der Waals surface area contributed by atoms with E-state index in [1.165, 1.54) is 31.4 Å². The number of carbonyl (C=O) groups is 2. The summed E-state index contributed by atoms with van der Waals surface area (Å²) in [5.74, 6) is -0.898. The predicted octanol–water partition coefficient (Wildman–Crippen LogP) is 2.45. The summed E-state index contributed by atoms with van der Waals surface area (Å²) in [5.41, 5.74) is 1.48. The van der Waals surface area contributed by atoms with Crippen molar-refractivity contribution in [3.8, 4) is 0 Å². The van der Waals surface area contributed by atoms with E-state index in [-0.39, 0.29) is 28.8 Å². The zero-order valence-electron chi connectivity index (χ0n) is 15.1. The van der Waals surface area contributed by atoms with Crippen LogP contribution in [0.4, 0.5) is 5.69 Å². The van der Waals surface area contributed by atoms with Crippen LogP contribution >= 0.6 is 0 Å². The lowest BCUT2D eigenvalue weighted by atomic mass is 10.0. The number of amides is 1. The Kier molecular flexibility index (Phi) is 5.36. The summed E-state index contributed by atoms with van der Waals surface area (Å²) < 4.78 is 10.5. The molecule has 0 N–H and O–H groups in total. The molecule has 1 fully saturated rings. The summed E-state index contributed by atoms with van der Waals surface area (Å²) in [7, 11) is 1.26. The van der Waals surface area contributed by atoms with E-state index >= 15 is 0 Å². The number of nitrogens with zero attached hydrogens (tertiary/aromatic N) is 2. The van der Waals surface area contributed by atoms with Gasteiger partial charge in [0.15, 0.2) is 0 Å². The molecule has 142 valence electrons. The number of hydrogen-bond donors (Lipinski definition) is 0. The predicted molar refractivity (Wildman–Crippen MR) is 96.5 cm³/mol. The molecule has 2 aliphatic heterocycles. The molecule has 0 saturated carbocycles. The maximum Gasteiger partial charge on any atom is 0.340 e. The third kappa shape index (κ3) is 3.75. The van der Waals surface area contributed by atoms with E-state index in [1.54, 1.807) is 17.9 Å². The lowest BCUT2D eigenvalue weighted by Crippen LogP contribution is -2.33. The van der Waals surface area contributed by atoms with E-state index in [9.17, 15) is 19.7 Å². The second-order valence-electron chi connectivity index (χ2n) is 6.41. The van der Waals surface area contributed by atoms with Crippen LogP contribution in [-0.2, 0) is 19.1 Å². The summed E-state index contributed by atoms with van der Waals surface area (Å²) in [4.78, 5) is 37.1. The number of allylic oxidation sites excluding steroid dienone is 1. The summed E-state index contributed by atoms with van der Waals surface area (Å²) in [6.45, 7) is 2.75. The van der Waals surface area contributed by atoms with Crippen molar-refractivity contribution < 1.29 is 24.0 Å². The molecule has 0 aromatic heterocycles. The van der Waals surface area contributed by atoms with Crippen LogP contribution in [0.1, 0.15) is 25.3 Å². The Morgan fingerprint density at radius 3 is 2.67 bits per heavy atom. The van der Waals surface area contributed by atoms with Gasteiger partial charge in [-0.05, 0) is 43.5 Å². The number of hydrogen-bond acceptors (Lipinski definition) is 6. The molecular weight excluding hydrogens is 352 g/mol. The first-order chi connectivity index (χ1) is 12.9. The number of carbonyl (C=O) groups excluding carboxylic acids is 2. The van der Waals surface area contributed by atoms with Gasteiger partial charge in [0.05, 0.1) is 35.8 Å². The zero-order valence-corrected chi connectivity index (χ0v) is 15.1. The van der Waals surface area contributed by atoms with Crippen molar-refractivity contribution in [3.63, 3.8) is 0 Å². The summed E-state index contributed by atoms with van der Waals surface area (Å²) in [6.07, 6.45) is 3.32. The van der Waals surface area contributed by atoms with Crippen LogP contribution in [0.5, 0.6) is 0 Å². The number of benzene rings is 1. The molecule has 0 radical (unpaired) electrons. The van der Waals surface area contributed by atoms with Gasteiger partial charge < -0.3 is 14.4 Å². The highest BCUT2D eigenvalue weighted by molar-refractivity contribution is 6.16. The number of ether oxygens (including phenoxy) is 2. The molecule has 1 unspecified atom stereocenters. The topological polar surface area (TPSA) is 99.0 Å². The molecule has 8 nitrogen and oxygen atoms in total. The van der Waals surface area contributed by atoms with E-state index in [1.807, 2.05) is 0 Å². The SMILES string of the molecule is COC(=O)C1=C(C)N(CC2CCCO2)C(=O)/C1=C\c1ccc([N+](=O)[O-])cc1. The summed E-state index contributed by atoms with van der Waals surface area (Å²) in [6, 6.07) is 5.77. The highest BCUT2D eigenvalue weighted by Crippen LogP contribution is 2.33. The minimum absolute atomic E-state index is 0.0465. The first-order valence-electron chi connectivity index (χ1n) is 8.61. The normalized spacial score (nSPS) is 21.3. The molecule has 1 atom stereocenters. The van der Waals surface area contributed by atoms with Crippen LogP contribution in [0.15, 0.2) is 41.1 Å². The molecule has 8 heteroatoms. The highest BCUT2D eigenvalue weighted by atomic mass is 16.6. The summed E-state index contributed by atoms with van der Waals surface area (Å²) >= 11 is 0. The Bertz CT molecular complexity index is 834. The number of rotatable bonds is 5. The first kappa shape index (κ1) is 18.8. The molecule has 27 heavy (non-hydrogen) atoms. The van der Waals surface area contributed by atoms with Crippen molar-refractivity contribution in [1.29, 1.82) is 0 Å². The molecule has 0 spiro atoms. The van der Waals surface area contributed by atoms with Crippen LogP contribution < -0.4 is 0 Å². The molecule has 1 aromatic rings. The second-order valence-corrected chi connectivity index (χ2v) is 6.41. The molecule has 0 aliphatic carbocycles. The van der Waals surface area contributed by atoms with Gasteiger partial charge in [-0.25, -0.2) is 4.79 Å². The highest BCUT2D eigenvalue weighted by Gasteiger charge is 2.38. The molecule has 1 amide bonds. The van der Waals surface area contributed by atoms with Gasteiger partial charge in [-0.2, -0.15) is 0 Å². The molecule has 2 heterocycles. The van der Waals surface area contributed by atoms with Crippen molar-refractivity contribution in [3.05, 3.63) is 56.8 Å². The van der Waals surface area contributed by atoms with Gasteiger partial charge in [0.25, 0.3) is 11.6 Å². The van der Waals surface area contributed by atoms with Gasteiger partial charge >= 0.3 is 5.97 Å². The Morgan fingerprint density at radius 1 is 1.41 bits per heavy atom. The van der Waals surface area contributed by atoms with Crippen LogP contribution in [-0.4, -0.2) is 48.1 Å². The average molecular weight is 372 g/mol. The molecular formula is C19H20N2O6. The Labute approximate surface area is 156 Å². The van der Waals surface area contributed by atoms with Crippen LogP contribution in [0.3, 0.4) is 0 Å². The van der Waals surface area contributed by atoms with Crippen molar-refractivity contribution in [2.75, 3.05) is 20.3 Å². The monoisotopic (exact) mass is 372 g/mol. The van der Waals surface area contributed by atoms with E-state index in [4.69, 9.17) is 9.47 Å². The second kappa shape index (κ2) is 7.71. The lowest BCUT2D eigenvalue weighted by Gasteiger charge is -2.21. The van der Waals surface area contributed by atoms with Crippen molar-refractivity contribution in [1.82, 2.24) is 4.90 Å². The van der Waals surface area contributed by atoms with Gasteiger partial charge in [0.2, 0.25) is 0 Å². The smallest absolute Gasteiger partial charge is 0.340 e. The summed E-state index contributed by atoms with van der Waals surface area (Å²) in [5, 5.41) is 10.8. The van der Waals surface area contributed by atoms with Crippen LogP contribution in [0, 0.1) is 10.1 Å². The van der Waals surface area contributed by atoms with Gasteiger partial charge in [0, 0.05) is 24.4 Å². The van der Waals surface area contributed by atoms with Crippen LogP contribution in [0.2, 0.25) is 0 Å². The van der Waals surface area contributed by atoms with Crippen molar-refractivity contribution in [2.45, 2.75) is 25.9 Å². The molecule has 2 aliphatic rings. The number of nitro benzene ring substituents is 1.